The zero-order valence-electron chi connectivity index (χ0n) is 12.7. The first-order valence-corrected chi connectivity index (χ1v) is 9.35. The lowest BCUT2D eigenvalue weighted by Crippen LogP contribution is -2.36. The maximum atomic E-state index is 12.3. The predicted molar refractivity (Wildman–Crippen MR) is 84.0 cm³/mol. The van der Waals surface area contributed by atoms with Crippen LogP contribution in [0.2, 0.25) is 0 Å². The smallest absolute Gasteiger partial charge is 0.240 e. The molecule has 4 nitrogen and oxygen atoms in total. The summed E-state index contributed by atoms with van der Waals surface area (Å²) in [6.07, 6.45) is 7.40. The minimum Gasteiger partial charge on any atom is -0.494 e. The van der Waals surface area contributed by atoms with Gasteiger partial charge in [-0.2, -0.15) is 0 Å². The highest BCUT2D eigenvalue weighted by molar-refractivity contribution is 7.89. The van der Waals surface area contributed by atoms with E-state index in [-0.39, 0.29) is 6.04 Å². The van der Waals surface area contributed by atoms with Crippen molar-refractivity contribution in [1.82, 2.24) is 4.72 Å². The number of ether oxygens (including phenoxy) is 1. The highest BCUT2D eigenvalue weighted by Gasteiger charge is 2.21. The van der Waals surface area contributed by atoms with Crippen LogP contribution in [0, 0.1) is 0 Å². The lowest BCUT2D eigenvalue weighted by Gasteiger charge is -2.22. The molecule has 0 unspecified atom stereocenters. The van der Waals surface area contributed by atoms with E-state index in [9.17, 15) is 8.42 Å². The van der Waals surface area contributed by atoms with Crippen LogP contribution in [-0.2, 0) is 10.0 Å². The quantitative estimate of drug-likeness (QED) is 0.784. The Morgan fingerprint density at radius 2 is 1.81 bits per heavy atom. The standard InChI is InChI=1S/C16H25NO3S/c1-2-3-13-20-15-9-11-16(12-10-15)21(18,19)17-14-7-5-4-6-8-14/h9-12,14,17H,2-8,13H2,1H3. The summed E-state index contributed by atoms with van der Waals surface area (Å²) in [5.41, 5.74) is 0. The van der Waals surface area contributed by atoms with Gasteiger partial charge < -0.3 is 4.74 Å². The van der Waals surface area contributed by atoms with Crippen LogP contribution in [0.1, 0.15) is 51.9 Å². The third-order valence-corrected chi connectivity index (χ3v) is 5.36. The summed E-state index contributed by atoms with van der Waals surface area (Å²) in [7, 11) is -3.41. The fourth-order valence-electron chi connectivity index (χ4n) is 2.56. The second kappa shape index (κ2) is 7.80. The lowest BCUT2D eigenvalue weighted by atomic mass is 9.96. The van der Waals surface area contributed by atoms with Crippen molar-refractivity contribution < 1.29 is 13.2 Å². The van der Waals surface area contributed by atoms with Gasteiger partial charge in [0.05, 0.1) is 11.5 Å². The normalized spacial score (nSPS) is 16.8. The van der Waals surface area contributed by atoms with E-state index in [1.165, 1.54) is 6.42 Å². The summed E-state index contributed by atoms with van der Waals surface area (Å²) in [5.74, 6) is 0.722. The van der Waals surface area contributed by atoms with Gasteiger partial charge in [0.25, 0.3) is 0 Å². The lowest BCUT2D eigenvalue weighted by molar-refractivity contribution is 0.309. The number of rotatable bonds is 7. The molecule has 2 rings (SSSR count). The molecule has 0 saturated heterocycles. The van der Waals surface area contributed by atoms with Crippen LogP contribution in [-0.4, -0.2) is 21.1 Å². The van der Waals surface area contributed by atoms with Crippen LogP contribution < -0.4 is 9.46 Å². The molecule has 1 aromatic rings. The molecule has 0 heterocycles. The topological polar surface area (TPSA) is 55.4 Å². The van der Waals surface area contributed by atoms with Gasteiger partial charge in [0, 0.05) is 6.04 Å². The van der Waals surface area contributed by atoms with Gasteiger partial charge in [-0.1, -0.05) is 32.6 Å². The second-order valence-corrected chi connectivity index (χ2v) is 7.34. The molecule has 0 amide bonds. The minimum absolute atomic E-state index is 0.0873. The van der Waals surface area contributed by atoms with Crippen molar-refractivity contribution in [3.05, 3.63) is 24.3 Å². The summed E-state index contributed by atoms with van der Waals surface area (Å²) in [5, 5.41) is 0. The summed E-state index contributed by atoms with van der Waals surface area (Å²) in [4.78, 5) is 0.316. The Hall–Kier alpha value is -1.07. The van der Waals surface area contributed by atoms with Crippen LogP contribution >= 0.6 is 0 Å². The Balaban J connectivity index is 1.95. The number of hydrogen-bond acceptors (Lipinski definition) is 3. The van der Waals surface area contributed by atoms with E-state index in [1.807, 2.05) is 0 Å². The summed E-state index contributed by atoms with van der Waals surface area (Å²) < 4.78 is 33.0. The third kappa shape index (κ3) is 5.00. The molecule has 0 atom stereocenters. The fraction of sp³-hybridized carbons (Fsp3) is 0.625. The summed E-state index contributed by atoms with van der Waals surface area (Å²) >= 11 is 0. The first-order valence-electron chi connectivity index (χ1n) is 7.87. The van der Waals surface area contributed by atoms with Crippen LogP contribution in [0.15, 0.2) is 29.2 Å². The van der Waals surface area contributed by atoms with Gasteiger partial charge >= 0.3 is 0 Å². The van der Waals surface area contributed by atoms with Gasteiger partial charge in [-0.25, -0.2) is 13.1 Å². The molecule has 0 aliphatic heterocycles. The van der Waals surface area contributed by atoms with Gasteiger partial charge in [-0.05, 0) is 43.5 Å². The van der Waals surface area contributed by atoms with Gasteiger partial charge in [0.2, 0.25) is 10.0 Å². The van der Waals surface area contributed by atoms with Crippen LogP contribution in [0.3, 0.4) is 0 Å². The van der Waals surface area contributed by atoms with E-state index < -0.39 is 10.0 Å². The van der Waals surface area contributed by atoms with Crippen LogP contribution in [0.4, 0.5) is 0 Å². The highest BCUT2D eigenvalue weighted by Crippen LogP contribution is 2.21. The molecular weight excluding hydrogens is 286 g/mol. The molecule has 1 aromatic carbocycles. The van der Waals surface area contributed by atoms with E-state index in [4.69, 9.17) is 4.74 Å². The largest absolute Gasteiger partial charge is 0.494 e. The number of nitrogens with one attached hydrogen (secondary N) is 1. The van der Waals surface area contributed by atoms with Crippen molar-refractivity contribution in [3.63, 3.8) is 0 Å². The summed E-state index contributed by atoms with van der Waals surface area (Å²) in [6, 6.07) is 6.78. The SMILES string of the molecule is CCCCOc1ccc(S(=O)(=O)NC2CCCCC2)cc1. The van der Waals surface area contributed by atoms with Gasteiger partial charge in [0.1, 0.15) is 5.75 Å². The van der Waals surface area contributed by atoms with E-state index in [2.05, 4.69) is 11.6 Å². The monoisotopic (exact) mass is 311 g/mol. The molecule has 5 heteroatoms. The average molecular weight is 311 g/mol. The number of sulfonamides is 1. The molecule has 118 valence electrons. The zero-order valence-corrected chi connectivity index (χ0v) is 13.5. The number of benzene rings is 1. The first kappa shape index (κ1) is 16.3. The first-order chi connectivity index (χ1) is 10.1. The zero-order chi connectivity index (χ0) is 15.1. The Labute approximate surface area is 127 Å². The van der Waals surface area contributed by atoms with Crippen molar-refractivity contribution in [2.45, 2.75) is 62.8 Å². The van der Waals surface area contributed by atoms with Crippen molar-refractivity contribution in [2.24, 2.45) is 0 Å². The van der Waals surface area contributed by atoms with Gasteiger partial charge in [-0.3, -0.25) is 0 Å². The molecule has 1 N–H and O–H groups in total. The summed E-state index contributed by atoms with van der Waals surface area (Å²) in [6.45, 7) is 2.78. The van der Waals surface area contributed by atoms with E-state index in [0.717, 1.165) is 44.3 Å². The second-order valence-electron chi connectivity index (χ2n) is 5.63. The molecule has 1 fully saturated rings. The molecule has 1 aliphatic rings. The Morgan fingerprint density at radius 3 is 2.43 bits per heavy atom. The Kier molecular flexibility index (Phi) is 6.06. The molecular formula is C16H25NO3S. The van der Waals surface area contributed by atoms with Crippen molar-refractivity contribution in [3.8, 4) is 5.75 Å². The fourth-order valence-corrected chi connectivity index (χ4v) is 3.86. The van der Waals surface area contributed by atoms with Crippen LogP contribution in [0.5, 0.6) is 5.75 Å². The Bertz CT molecular complexity index is 519. The number of unbranched alkanes of at least 4 members (excludes halogenated alkanes) is 1. The van der Waals surface area contributed by atoms with Crippen LogP contribution in [0.25, 0.3) is 0 Å². The third-order valence-electron chi connectivity index (χ3n) is 3.83. The van der Waals surface area contributed by atoms with E-state index >= 15 is 0 Å². The number of hydrogen-bond donors (Lipinski definition) is 1. The van der Waals surface area contributed by atoms with Gasteiger partial charge in [0.15, 0.2) is 0 Å². The highest BCUT2D eigenvalue weighted by atomic mass is 32.2. The molecule has 0 spiro atoms. The molecule has 1 saturated carbocycles. The molecule has 0 bridgehead atoms. The minimum atomic E-state index is -3.41. The van der Waals surface area contributed by atoms with E-state index in [0.29, 0.717) is 11.5 Å². The maximum absolute atomic E-state index is 12.3. The molecule has 21 heavy (non-hydrogen) atoms. The van der Waals surface area contributed by atoms with Crippen molar-refractivity contribution in [2.75, 3.05) is 6.61 Å². The maximum Gasteiger partial charge on any atom is 0.240 e. The molecule has 0 aromatic heterocycles. The average Bonchev–Trinajstić information content (AvgIpc) is 2.49. The predicted octanol–water partition coefficient (Wildman–Crippen LogP) is 3.48. The van der Waals surface area contributed by atoms with Gasteiger partial charge in [-0.15, -0.1) is 0 Å². The molecule has 0 radical (unpaired) electrons. The Morgan fingerprint density at radius 1 is 1.14 bits per heavy atom. The van der Waals surface area contributed by atoms with Crippen molar-refractivity contribution >= 4 is 10.0 Å². The molecule has 1 aliphatic carbocycles. The van der Waals surface area contributed by atoms with E-state index in [1.54, 1.807) is 24.3 Å². The van der Waals surface area contributed by atoms with Crippen molar-refractivity contribution in [1.29, 1.82) is 0 Å².